The van der Waals surface area contributed by atoms with Crippen molar-refractivity contribution in [2.75, 3.05) is 0 Å². The zero-order chi connectivity index (χ0) is 9.94. The van der Waals surface area contributed by atoms with Gasteiger partial charge in [-0.05, 0) is 31.4 Å². The number of hydrogen-bond acceptors (Lipinski definition) is 1. The Morgan fingerprint density at radius 1 is 1.31 bits per heavy atom. The number of carbonyl (C=O) groups is 1. The van der Waals surface area contributed by atoms with Gasteiger partial charge in [0, 0.05) is 6.42 Å². The van der Waals surface area contributed by atoms with Crippen LogP contribution in [0.1, 0.15) is 45.4 Å². The van der Waals surface area contributed by atoms with Crippen LogP contribution in [-0.4, -0.2) is 11.1 Å². The Balaban J connectivity index is 3.31. The minimum absolute atomic E-state index is 0.204. The van der Waals surface area contributed by atoms with E-state index in [0.29, 0.717) is 6.42 Å². The molecule has 0 rings (SSSR count). The second-order valence-corrected chi connectivity index (χ2v) is 3.00. The summed E-state index contributed by atoms with van der Waals surface area (Å²) in [5, 5.41) is 8.33. The van der Waals surface area contributed by atoms with Crippen LogP contribution in [-0.2, 0) is 4.79 Å². The molecular formula is C11H18O2. The van der Waals surface area contributed by atoms with Gasteiger partial charge in [0.25, 0.3) is 0 Å². The molecule has 0 fully saturated rings. The van der Waals surface area contributed by atoms with Crippen molar-refractivity contribution >= 4 is 5.97 Å². The molecule has 0 aromatic carbocycles. The molecule has 0 amide bonds. The van der Waals surface area contributed by atoms with Crippen LogP contribution < -0.4 is 0 Å². The van der Waals surface area contributed by atoms with Gasteiger partial charge in [-0.25, -0.2) is 0 Å². The molecule has 0 radical (unpaired) electrons. The fraction of sp³-hybridized carbons (Fsp3) is 0.636. The largest absolute Gasteiger partial charge is 0.481 e. The first kappa shape index (κ1) is 12.0. The Bertz CT molecular complexity index is 188. The molecule has 13 heavy (non-hydrogen) atoms. The van der Waals surface area contributed by atoms with Gasteiger partial charge in [0.1, 0.15) is 0 Å². The quantitative estimate of drug-likeness (QED) is 0.485. The second-order valence-electron chi connectivity index (χ2n) is 3.00. The maximum Gasteiger partial charge on any atom is 0.303 e. The van der Waals surface area contributed by atoms with E-state index in [1.54, 1.807) is 6.08 Å². The third-order valence-electron chi connectivity index (χ3n) is 1.69. The molecule has 2 heteroatoms. The summed E-state index contributed by atoms with van der Waals surface area (Å²) < 4.78 is 0. The molecular weight excluding hydrogens is 164 g/mol. The van der Waals surface area contributed by atoms with Crippen molar-refractivity contribution in [3.63, 3.8) is 0 Å². The number of rotatable bonds is 7. The van der Waals surface area contributed by atoms with Crippen molar-refractivity contribution in [1.82, 2.24) is 0 Å². The van der Waals surface area contributed by atoms with Crippen LogP contribution in [0.15, 0.2) is 17.9 Å². The van der Waals surface area contributed by atoms with Crippen LogP contribution in [0, 0.1) is 0 Å². The molecule has 2 nitrogen and oxygen atoms in total. The second kappa shape index (κ2) is 9.08. The van der Waals surface area contributed by atoms with E-state index in [1.165, 1.54) is 19.3 Å². The van der Waals surface area contributed by atoms with E-state index < -0.39 is 5.97 Å². The minimum Gasteiger partial charge on any atom is -0.481 e. The number of carboxylic acid groups (broad SMARTS) is 1. The highest BCUT2D eigenvalue weighted by Gasteiger charge is 1.90. The Labute approximate surface area is 80.0 Å². The fourth-order valence-corrected chi connectivity index (χ4v) is 0.942. The molecule has 0 bridgehead atoms. The molecule has 74 valence electrons. The van der Waals surface area contributed by atoms with Crippen molar-refractivity contribution < 1.29 is 9.90 Å². The van der Waals surface area contributed by atoms with E-state index in [4.69, 9.17) is 5.11 Å². The summed E-state index contributed by atoms with van der Waals surface area (Å²) in [6, 6.07) is 0. The SMILES string of the molecule is CCCCCC=C=CCCC(=O)O. The molecule has 0 saturated heterocycles. The molecule has 0 aromatic heterocycles. The number of hydrogen-bond donors (Lipinski definition) is 1. The summed E-state index contributed by atoms with van der Waals surface area (Å²) >= 11 is 0. The lowest BCUT2D eigenvalue weighted by Gasteiger charge is -1.88. The zero-order valence-electron chi connectivity index (χ0n) is 8.25. The molecule has 0 aromatic rings. The highest BCUT2D eigenvalue weighted by Crippen LogP contribution is 1.98. The highest BCUT2D eigenvalue weighted by atomic mass is 16.4. The lowest BCUT2D eigenvalue weighted by molar-refractivity contribution is -0.136. The van der Waals surface area contributed by atoms with Gasteiger partial charge in [-0.2, -0.15) is 0 Å². The van der Waals surface area contributed by atoms with Gasteiger partial charge in [0.05, 0.1) is 0 Å². The monoisotopic (exact) mass is 182 g/mol. The van der Waals surface area contributed by atoms with Gasteiger partial charge in [0.15, 0.2) is 0 Å². The highest BCUT2D eigenvalue weighted by molar-refractivity contribution is 5.66. The molecule has 0 spiro atoms. The van der Waals surface area contributed by atoms with Crippen LogP contribution in [0.25, 0.3) is 0 Å². The topological polar surface area (TPSA) is 37.3 Å². The molecule has 0 aliphatic heterocycles. The van der Waals surface area contributed by atoms with Crippen LogP contribution in [0.4, 0.5) is 0 Å². The van der Waals surface area contributed by atoms with E-state index in [9.17, 15) is 4.79 Å². The van der Waals surface area contributed by atoms with E-state index in [-0.39, 0.29) is 6.42 Å². The predicted molar refractivity (Wildman–Crippen MR) is 53.7 cm³/mol. The number of allylic oxidation sites excluding steroid dienone is 1. The first-order valence-electron chi connectivity index (χ1n) is 4.88. The average Bonchev–Trinajstić information content (AvgIpc) is 2.09. The van der Waals surface area contributed by atoms with Gasteiger partial charge < -0.3 is 5.11 Å². The fourth-order valence-electron chi connectivity index (χ4n) is 0.942. The molecule has 0 saturated carbocycles. The van der Waals surface area contributed by atoms with Gasteiger partial charge in [0.2, 0.25) is 0 Å². The van der Waals surface area contributed by atoms with E-state index in [0.717, 1.165) is 6.42 Å². The van der Waals surface area contributed by atoms with Crippen molar-refractivity contribution in [3.8, 4) is 0 Å². The Morgan fingerprint density at radius 2 is 2.00 bits per heavy atom. The first-order chi connectivity index (χ1) is 6.27. The lowest BCUT2D eigenvalue weighted by Crippen LogP contribution is -1.91. The van der Waals surface area contributed by atoms with E-state index in [1.807, 2.05) is 6.08 Å². The normalized spacial score (nSPS) is 9.00. The summed E-state index contributed by atoms with van der Waals surface area (Å²) in [5.74, 6) is -0.746. The molecule has 0 atom stereocenters. The third-order valence-corrected chi connectivity index (χ3v) is 1.69. The molecule has 0 unspecified atom stereocenters. The van der Waals surface area contributed by atoms with Gasteiger partial charge in [-0.3, -0.25) is 4.79 Å². The van der Waals surface area contributed by atoms with Gasteiger partial charge in [-0.15, -0.1) is 5.73 Å². The summed E-state index contributed by atoms with van der Waals surface area (Å²) in [6.07, 6.45) is 9.31. The Kier molecular flexibility index (Phi) is 8.38. The van der Waals surface area contributed by atoms with Crippen LogP contribution in [0.5, 0.6) is 0 Å². The number of unbranched alkanes of at least 4 members (excludes halogenated alkanes) is 3. The molecule has 0 aliphatic carbocycles. The minimum atomic E-state index is -0.746. The van der Waals surface area contributed by atoms with Gasteiger partial charge >= 0.3 is 5.97 Å². The lowest BCUT2D eigenvalue weighted by atomic mass is 10.2. The van der Waals surface area contributed by atoms with Crippen molar-refractivity contribution in [2.24, 2.45) is 0 Å². The van der Waals surface area contributed by atoms with Crippen LogP contribution >= 0.6 is 0 Å². The zero-order valence-corrected chi connectivity index (χ0v) is 8.25. The smallest absolute Gasteiger partial charge is 0.303 e. The predicted octanol–water partition coefficient (Wildman–Crippen LogP) is 3.14. The number of aliphatic carboxylic acids is 1. The molecule has 0 heterocycles. The summed E-state index contributed by atoms with van der Waals surface area (Å²) in [7, 11) is 0. The van der Waals surface area contributed by atoms with Crippen molar-refractivity contribution in [2.45, 2.75) is 45.4 Å². The average molecular weight is 182 g/mol. The first-order valence-corrected chi connectivity index (χ1v) is 4.88. The van der Waals surface area contributed by atoms with Crippen molar-refractivity contribution in [1.29, 1.82) is 0 Å². The maximum absolute atomic E-state index is 10.1. The standard InChI is InChI=1S/C11H18O2/c1-2-3-4-5-6-7-8-9-10-11(12)13/h6,8H,2-5,9-10H2,1H3,(H,12,13). The summed E-state index contributed by atoms with van der Waals surface area (Å²) in [4.78, 5) is 10.1. The van der Waals surface area contributed by atoms with Gasteiger partial charge in [-0.1, -0.05) is 19.8 Å². The van der Waals surface area contributed by atoms with E-state index >= 15 is 0 Å². The van der Waals surface area contributed by atoms with Crippen LogP contribution in [0.2, 0.25) is 0 Å². The maximum atomic E-state index is 10.1. The Hall–Kier alpha value is -1.01. The summed E-state index contributed by atoms with van der Waals surface area (Å²) in [5.41, 5.74) is 2.99. The van der Waals surface area contributed by atoms with Crippen molar-refractivity contribution in [3.05, 3.63) is 17.9 Å². The van der Waals surface area contributed by atoms with E-state index in [2.05, 4.69) is 12.7 Å². The third kappa shape index (κ3) is 11.0. The number of carboxylic acids is 1. The molecule has 0 aliphatic rings. The Morgan fingerprint density at radius 3 is 2.62 bits per heavy atom. The van der Waals surface area contributed by atoms with Crippen LogP contribution in [0.3, 0.4) is 0 Å². The molecule has 1 N–H and O–H groups in total. The summed E-state index contributed by atoms with van der Waals surface area (Å²) in [6.45, 7) is 2.17.